The fourth-order valence-electron chi connectivity index (χ4n) is 0.216. The molecule has 13 heavy (non-hydrogen) atoms. The van der Waals surface area contributed by atoms with Crippen LogP contribution in [0.25, 0.3) is 0 Å². The van der Waals surface area contributed by atoms with Crippen molar-refractivity contribution in [3.63, 3.8) is 0 Å². The van der Waals surface area contributed by atoms with Crippen LogP contribution in [0.2, 0.25) is 0 Å². The van der Waals surface area contributed by atoms with Crippen LogP contribution in [0.15, 0.2) is 0 Å². The van der Waals surface area contributed by atoms with Gasteiger partial charge in [-0.3, -0.25) is 0 Å². The van der Waals surface area contributed by atoms with Gasteiger partial charge < -0.3 is 0 Å². The zero-order valence-corrected chi connectivity index (χ0v) is 10.4. The molecule has 0 spiro atoms. The highest BCUT2D eigenvalue weighted by atomic mass is 35.6. The molecule has 0 radical (unpaired) electrons. The normalized spacial score (nSPS) is 13.4. The van der Waals surface area contributed by atoms with E-state index in [1.54, 1.807) is 0 Å². The Kier molecular flexibility index (Phi) is 7.04. The lowest BCUT2D eigenvalue weighted by Crippen LogP contribution is -2.17. The van der Waals surface area contributed by atoms with Crippen LogP contribution in [0.4, 0.5) is 0 Å². The van der Waals surface area contributed by atoms with Gasteiger partial charge in [-0.1, -0.05) is 74.6 Å². The van der Waals surface area contributed by atoms with E-state index in [4.69, 9.17) is 69.6 Å². The van der Waals surface area contributed by atoms with Crippen molar-refractivity contribution in [3.05, 3.63) is 0 Å². The summed E-state index contributed by atoms with van der Waals surface area (Å²) in [5.41, 5.74) is 0. The van der Waals surface area contributed by atoms with Crippen molar-refractivity contribution in [2.24, 2.45) is 0 Å². The number of hydrogen-bond donors (Lipinski definition) is 0. The minimum absolute atomic E-state index is 0.308. The van der Waals surface area contributed by atoms with Gasteiger partial charge in [-0.15, -0.1) is 0 Å². The molecule has 0 heterocycles. The summed E-state index contributed by atoms with van der Waals surface area (Å²) in [4.78, 5) is 8.60. The molecule has 0 aliphatic heterocycles. The largest absolute Gasteiger partial charge is 0.216 e. The van der Waals surface area contributed by atoms with Gasteiger partial charge in [0.1, 0.15) is 13.2 Å². The molecular formula is C4H4Cl6O3. The van der Waals surface area contributed by atoms with Gasteiger partial charge in [-0.25, -0.2) is 9.78 Å². The first-order chi connectivity index (χ1) is 5.71. The van der Waals surface area contributed by atoms with Crippen molar-refractivity contribution in [1.29, 1.82) is 0 Å². The second kappa shape index (κ2) is 6.26. The molecule has 0 rings (SSSR count). The summed E-state index contributed by atoms with van der Waals surface area (Å²) in [6, 6.07) is 0. The van der Waals surface area contributed by atoms with E-state index in [9.17, 15) is 0 Å². The van der Waals surface area contributed by atoms with Gasteiger partial charge in [0.2, 0.25) is 7.59 Å². The second-order valence-corrected chi connectivity index (χ2v) is 6.85. The molecule has 0 amide bonds. The first kappa shape index (κ1) is 14.6. The molecule has 0 fully saturated rings. The zero-order valence-electron chi connectivity index (χ0n) is 5.91. The topological polar surface area (TPSA) is 27.7 Å². The van der Waals surface area contributed by atoms with Gasteiger partial charge in [0.25, 0.3) is 0 Å². The lowest BCUT2D eigenvalue weighted by Gasteiger charge is -2.11. The summed E-state index contributed by atoms with van der Waals surface area (Å²) < 4.78 is -3.16. The molecule has 3 nitrogen and oxygen atoms in total. The molecule has 80 valence electrons. The number of hydrogen-bond acceptors (Lipinski definition) is 3. The van der Waals surface area contributed by atoms with Crippen LogP contribution in [0.5, 0.6) is 0 Å². The summed E-state index contributed by atoms with van der Waals surface area (Å²) in [6.45, 7) is -0.616. The predicted octanol–water partition coefficient (Wildman–Crippen LogP) is 3.61. The van der Waals surface area contributed by atoms with Crippen molar-refractivity contribution < 1.29 is 14.8 Å². The Hall–Kier alpha value is 1.62. The molecule has 0 aliphatic rings. The van der Waals surface area contributed by atoms with E-state index in [2.05, 4.69) is 14.8 Å². The summed E-state index contributed by atoms with van der Waals surface area (Å²) in [7, 11) is 0. The monoisotopic (exact) mass is 310 g/mol. The third-order valence-electron chi connectivity index (χ3n) is 0.541. The van der Waals surface area contributed by atoms with Crippen molar-refractivity contribution in [2.75, 3.05) is 13.2 Å². The lowest BCUT2D eigenvalue weighted by atomic mass is 10.8. The van der Waals surface area contributed by atoms with Crippen molar-refractivity contribution in [1.82, 2.24) is 0 Å². The van der Waals surface area contributed by atoms with E-state index >= 15 is 0 Å². The maximum atomic E-state index is 5.29. The van der Waals surface area contributed by atoms with Gasteiger partial charge in [-0.2, -0.15) is 0 Å². The van der Waals surface area contributed by atoms with Crippen molar-refractivity contribution >= 4 is 69.6 Å². The maximum Gasteiger partial charge on any atom is 0.216 e. The van der Waals surface area contributed by atoms with E-state index in [0.29, 0.717) is 0 Å². The molecule has 0 aromatic rings. The van der Waals surface area contributed by atoms with Crippen molar-refractivity contribution in [3.8, 4) is 0 Å². The van der Waals surface area contributed by atoms with E-state index in [1.165, 1.54) is 0 Å². The standard InChI is InChI=1S/C4H4Cl6O3/c5-3(6,7)1-11-13-12-2-4(8,9)10/h1-2H2. The summed E-state index contributed by atoms with van der Waals surface area (Å²) in [5.74, 6) is 0. The SMILES string of the molecule is ClC(Cl)(Cl)COOOCC(Cl)(Cl)Cl. The van der Waals surface area contributed by atoms with Crippen LogP contribution in [0.3, 0.4) is 0 Å². The van der Waals surface area contributed by atoms with E-state index in [-0.39, 0.29) is 13.2 Å². The Balaban J connectivity index is 3.28. The van der Waals surface area contributed by atoms with Crippen molar-refractivity contribution in [2.45, 2.75) is 7.59 Å². The number of rotatable bonds is 4. The molecular weight excluding hydrogens is 309 g/mol. The minimum Gasteiger partial charge on any atom is -0.202 e. The highest BCUT2D eigenvalue weighted by molar-refractivity contribution is 6.68. The smallest absolute Gasteiger partial charge is 0.202 e. The lowest BCUT2D eigenvalue weighted by molar-refractivity contribution is -0.511. The van der Waals surface area contributed by atoms with Gasteiger partial charge in [-0.05, 0) is 0 Å². The number of alkyl halides is 6. The molecule has 0 saturated carbocycles. The fourth-order valence-corrected chi connectivity index (χ4v) is 0.483. The second-order valence-electron chi connectivity index (χ2n) is 1.82. The molecule has 0 N–H and O–H groups in total. The van der Waals surface area contributed by atoms with Gasteiger partial charge >= 0.3 is 0 Å². The Morgan fingerprint density at radius 3 is 1.23 bits per heavy atom. The molecule has 0 aromatic carbocycles. The van der Waals surface area contributed by atoms with Crippen LogP contribution in [-0.4, -0.2) is 20.8 Å². The quantitative estimate of drug-likeness (QED) is 0.343. The van der Waals surface area contributed by atoms with E-state index in [0.717, 1.165) is 0 Å². The average molecular weight is 313 g/mol. The van der Waals surface area contributed by atoms with Crippen LogP contribution >= 0.6 is 69.6 Å². The molecule has 0 aromatic heterocycles. The van der Waals surface area contributed by atoms with E-state index < -0.39 is 7.59 Å². The van der Waals surface area contributed by atoms with Gasteiger partial charge in [0.05, 0.1) is 0 Å². The average Bonchev–Trinajstić information content (AvgIpc) is 1.81. The molecule has 0 unspecified atom stereocenters. The first-order valence-corrected chi connectivity index (χ1v) is 5.02. The van der Waals surface area contributed by atoms with Gasteiger partial charge in [0, 0.05) is 0 Å². The van der Waals surface area contributed by atoms with Crippen LogP contribution in [0.1, 0.15) is 0 Å². The molecule has 0 saturated heterocycles. The van der Waals surface area contributed by atoms with Gasteiger partial charge in [0.15, 0.2) is 0 Å². The Morgan fingerprint density at radius 1 is 0.692 bits per heavy atom. The van der Waals surface area contributed by atoms with Crippen LogP contribution < -0.4 is 0 Å². The summed E-state index contributed by atoms with van der Waals surface area (Å²) >= 11 is 31.8. The Labute approximate surface area is 105 Å². The molecule has 9 heteroatoms. The highest BCUT2D eigenvalue weighted by Crippen LogP contribution is 2.27. The summed E-state index contributed by atoms with van der Waals surface area (Å²) in [6.07, 6.45) is 0. The summed E-state index contributed by atoms with van der Waals surface area (Å²) in [5, 5.41) is 4.08. The molecule has 0 bridgehead atoms. The maximum absolute atomic E-state index is 5.29. The van der Waals surface area contributed by atoms with Crippen LogP contribution in [-0.2, 0) is 14.8 Å². The fraction of sp³-hybridized carbons (Fsp3) is 1.00. The number of halogens is 6. The minimum atomic E-state index is -1.58. The third-order valence-corrected chi connectivity index (χ3v) is 1.20. The van der Waals surface area contributed by atoms with E-state index in [1.807, 2.05) is 0 Å². The predicted molar refractivity (Wildman–Crippen MR) is 53.6 cm³/mol. The highest BCUT2D eigenvalue weighted by Gasteiger charge is 2.23. The third kappa shape index (κ3) is 13.6. The van der Waals surface area contributed by atoms with Crippen LogP contribution in [0, 0.1) is 0 Å². The Morgan fingerprint density at radius 2 is 1.00 bits per heavy atom. The zero-order chi connectivity index (χ0) is 10.5. The Bertz CT molecular complexity index is 124. The first-order valence-electron chi connectivity index (χ1n) is 2.75. The molecule has 0 aliphatic carbocycles. The molecule has 0 atom stereocenters.